The van der Waals surface area contributed by atoms with Gasteiger partial charge in [0.1, 0.15) is 0 Å². The van der Waals surface area contributed by atoms with Crippen LogP contribution in [0.1, 0.15) is 64.2 Å². The highest BCUT2D eigenvalue weighted by Crippen LogP contribution is 2.12. The first kappa shape index (κ1) is 10.8. The molecule has 0 aromatic rings. The molecule has 0 heteroatoms. The fraction of sp³-hybridized carbons (Fsp3) is 0.769. The molecule has 0 saturated heterocycles. The van der Waals surface area contributed by atoms with E-state index >= 15 is 0 Å². The van der Waals surface area contributed by atoms with Gasteiger partial charge in [0.2, 0.25) is 0 Å². The standard InChI is InChI=1S/C13H23/c1-2-4-6-8-10-12-13-11-9-7-5-3-1/h1-3H,4-13H2. The maximum absolute atomic E-state index is 2.33. The van der Waals surface area contributed by atoms with Crippen molar-refractivity contribution in [2.24, 2.45) is 0 Å². The minimum absolute atomic E-state index is 1.29. The van der Waals surface area contributed by atoms with Crippen LogP contribution in [0.5, 0.6) is 0 Å². The normalized spacial score (nSPS) is 22.8. The molecular weight excluding hydrogens is 156 g/mol. The molecule has 0 N–H and O–H groups in total. The minimum atomic E-state index is 1.29. The summed E-state index contributed by atoms with van der Waals surface area (Å²) >= 11 is 0. The van der Waals surface area contributed by atoms with E-state index in [4.69, 9.17) is 0 Å². The van der Waals surface area contributed by atoms with E-state index in [1.807, 2.05) is 0 Å². The second-order valence-corrected chi connectivity index (χ2v) is 4.07. The Morgan fingerprint density at radius 3 is 1.77 bits per heavy atom. The van der Waals surface area contributed by atoms with Crippen LogP contribution < -0.4 is 0 Å². The number of hydrogen-bond acceptors (Lipinski definition) is 0. The zero-order valence-corrected chi connectivity index (χ0v) is 8.80. The van der Waals surface area contributed by atoms with Gasteiger partial charge in [-0.1, -0.05) is 57.1 Å². The molecule has 1 radical (unpaired) electrons. The van der Waals surface area contributed by atoms with Gasteiger partial charge in [0.25, 0.3) is 0 Å². The van der Waals surface area contributed by atoms with Crippen LogP contribution >= 0.6 is 0 Å². The summed E-state index contributed by atoms with van der Waals surface area (Å²) in [5.74, 6) is 0. The van der Waals surface area contributed by atoms with Gasteiger partial charge in [-0.15, -0.1) is 0 Å². The van der Waals surface area contributed by atoms with E-state index in [0.717, 1.165) is 0 Å². The van der Waals surface area contributed by atoms with E-state index in [2.05, 4.69) is 18.6 Å². The maximum atomic E-state index is 2.33. The van der Waals surface area contributed by atoms with Gasteiger partial charge in [-0.05, 0) is 25.7 Å². The summed E-state index contributed by atoms with van der Waals surface area (Å²) in [5, 5.41) is 0. The smallest absolute Gasteiger partial charge is 0.0171 e. The molecule has 0 atom stereocenters. The van der Waals surface area contributed by atoms with E-state index < -0.39 is 0 Å². The van der Waals surface area contributed by atoms with Crippen molar-refractivity contribution in [1.29, 1.82) is 0 Å². The molecule has 0 aliphatic heterocycles. The molecule has 13 heavy (non-hydrogen) atoms. The molecule has 0 saturated carbocycles. The van der Waals surface area contributed by atoms with Gasteiger partial charge in [-0.25, -0.2) is 0 Å². The Bertz CT molecular complexity index is 110. The van der Waals surface area contributed by atoms with Gasteiger partial charge in [0.15, 0.2) is 0 Å². The van der Waals surface area contributed by atoms with Gasteiger partial charge in [0, 0.05) is 0 Å². The van der Waals surface area contributed by atoms with E-state index in [1.54, 1.807) is 0 Å². The van der Waals surface area contributed by atoms with E-state index in [9.17, 15) is 0 Å². The third kappa shape index (κ3) is 6.86. The maximum Gasteiger partial charge on any atom is -0.0171 e. The Morgan fingerprint density at radius 1 is 0.538 bits per heavy atom. The summed E-state index contributed by atoms with van der Waals surface area (Å²) in [6.07, 6.45) is 21.0. The van der Waals surface area contributed by atoms with Crippen LogP contribution in [0.2, 0.25) is 0 Å². The predicted octanol–water partition coefficient (Wildman–Crippen LogP) is 4.66. The molecule has 0 heterocycles. The largest absolute Gasteiger partial charge is 0.0882 e. The Balaban J connectivity index is 2.09. The van der Waals surface area contributed by atoms with Crippen LogP contribution in [0.3, 0.4) is 0 Å². The summed E-state index contributed by atoms with van der Waals surface area (Å²) in [7, 11) is 0. The highest BCUT2D eigenvalue weighted by atomic mass is 14.0. The first-order chi connectivity index (χ1) is 6.50. The Labute approximate surface area is 83.4 Å². The van der Waals surface area contributed by atoms with Crippen molar-refractivity contribution in [2.45, 2.75) is 64.2 Å². The monoisotopic (exact) mass is 179 g/mol. The van der Waals surface area contributed by atoms with Gasteiger partial charge < -0.3 is 0 Å². The fourth-order valence-electron chi connectivity index (χ4n) is 1.87. The van der Waals surface area contributed by atoms with Crippen LogP contribution in [0.15, 0.2) is 12.2 Å². The Hall–Kier alpha value is -0.260. The quantitative estimate of drug-likeness (QED) is 0.507. The van der Waals surface area contributed by atoms with Gasteiger partial charge in [-0.3, -0.25) is 0 Å². The average Bonchev–Trinajstić information content (AvgIpc) is 2.18. The molecule has 0 fully saturated rings. The minimum Gasteiger partial charge on any atom is -0.0882 e. The SMILES string of the molecule is [CH]1C=CCCCCCCCCCC1. The third-order valence-electron chi connectivity index (χ3n) is 2.76. The summed E-state index contributed by atoms with van der Waals surface area (Å²) < 4.78 is 0. The van der Waals surface area contributed by atoms with Crippen molar-refractivity contribution in [2.75, 3.05) is 0 Å². The Morgan fingerprint density at radius 2 is 1.08 bits per heavy atom. The second-order valence-electron chi connectivity index (χ2n) is 4.07. The molecule has 0 nitrogen and oxygen atoms in total. The van der Waals surface area contributed by atoms with Gasteiger partial charge >= 0.3 is 0 Å². The predicted molar refractivity (Wildman–Crippen MR) is 59.6 cm³/mol. The average molecular weight is 179 g/mol. The van der Waals surface area contributed by atoms with Crippen LogP contribution in [-0.2, 0) is 0 Å². The van der Waals surface area contributed by atoms with E-state index in [1.165, 1.54) is 64.2 Å². The zero-order valence-electron chi connectivity index (χ0n) is 8.80. The molecule has 1 rings (SSSR count). The molecule has 0 aromatic heterocycles. The lowest BCUT2D eigenvalue weighted by atomic mass is 10.1. The summed E-state index contributed by atoms with van der Waals surface area (Å²) in [4.78, 5) is 0. The van der Waals surface area contributed by atoms with Crippen LogP contribution in [-0.4, -0.2) is 0 Å². The Kier molecular flexibility index (Phi) is 6.94. The topological polar surface area (TPSA) is 0 Å². The zero-order chi connectivity index (χ0) is 9.19. The highest BCUT2D eigenvalue weighted by Gasteiger charge is 1.93. The van der Waals surface area contributed by atoms with Crippen LogP contribution in [0.4, 0.5) is 0 Å². The highest BCUT2D eigenvalue weighted by molar-refractivity contribution is 4.94. The molecule has 0 bridgehead atoms. The summed E-state index contributed by atoms with van der Waals surface area (Å²) in [6, 6.07) is 0. The lowest BCUT2D eigenvalue weighted by Crippen LogP contribution is -1.80. The first-order valence-electron chi connectivity index (χ1n) is 5.98. The molecule has 0 amide bonds. The van der Waals surface area contributed by atoms with Crippen LogP contribution in [0, 0.1) is 6.42 Å². The second kappa shape index (κ2) is 8.34. The van der Waals surface area contributed by atoms with Gasteiger partial charge in [-0.2, -0.15) is 0 Å². The summed E-state index contributed by atoms with van der Waals surface area (Å²) in [6.45, 7) is 0. The first-order valence-corrected chi connectivity index (χ1v) is 5.98. The molecule has 0 aromatic carbocycles. The number of allylic oxidation sites excluding steroid dienone is 2. The molecule has 0 spiro atoms. The van der Waals surface area contributed by atoms with Crippen molar-refractivity contribution < 1.29 is 0 Å². The lowest BCUT2D eigenvalue weighted by molar-refractivity contribution is 0.571. The molecular formula is C13H23. The van der Waals surface area contributed by atoms with Crippen LogP contribution in [0.25, 0.3) is 0 Å². The summed E-state index contributed by atoms with van der Waals surface area (Å²) in [5.41, 5.74) is 0. The van der Waals surface area contributed by atoms with Crippen molar-refractivity contribution in [3.63, 3.8) is 0 Å². The molecule has 1 aliphatic carbocycles. The molecule has 75 valence electrons. The van der Waals surface area contributed by atoms with E-state index in [-0.39, 0.29) is 0 Å². The lowest BCUT2D eigenvalue weighted by Gasteiger charge is -1.99. The van der Waals surface area contributed by atoms with Crippen molar-refractivity contribution in [3.05, 3.63) is 18.6 Å². The number of rotatable bonds is 0. The van der Waals surface area contributed by atoms with Gasteiger partial charge in [0.05, 0.1) is 0 Å². The molecule has 1 aliphatic rings. The van der Waals surface area contributed by atoms with E-state index in [0.29, 0.717) is 0 Å². The fourth-order valence-corrected chi connectivity index (χ4v) is 1.87. The number of hydrogen-bond donors (Lipinski definition) is 0. The molecule has 0 unspecified atom stereocenters. The third-order valence-corrected chi connectivity index (χ3v) is 2.76. The van der Waals surface area contributed by atoms with Crippen molar-refractivity contribution >= 4 is 0 Å². The van der Waals surface area contributed by atoms with Crippen molar-refractivity contribution in [3.8, 4) is 0 Å². The van der Waals surface area contributed by atoms with Crippen molar-refractivity contribution in [1.82, 2.24) is 0 Å².